The number of amides is 1. The third-order valence-corrected chi connectivity index (χ3v) is 4.92. The summed E-state index contributed by atoms with van der Waals surface area (Å²) in [5.41, 5.74) is -0.763. The fraction of sp³-hybridized carbons (Fsp3) is 0.278. The van der Waals surface area contributed by atoms with Gasteiger partial charge in [0.2, 0.25) is 15.9 Å². The Bertz CT molecular complexity index is 1120. The maximum Gasteiger partial charge on any atom is 0.319 e. The number of rotatable bonds is 8. The van der Waals surface area contributed by atoms with Gasteiger partial charge in [0.25, 0.3) is 0 Å². The second kappa shape index (κ2) is 8.36. The largest absolute Gasteiger partial charge is 0.451 e. The number of ether oxygens (including phenoxy) is 1. The van der Waals surface area contributed by atoms with Crippen molar-refractivity contribution >= 4 is 50.3 Å². The minimum atomic E-state index is -3.78. The van der Waals surface area contributed by atoms with Gasteiger partial charge in [0.15, 0.2) is 11.4 Å². The molecule has 0 atom stereocenters. The Hall–Kier alpha value is -3.05. The average Bonchev–Trinajstić information content (AvgIpc) is 3.41. The number of benzene rings is 2. The fourth-order valence-electron chi connectivity index (χ4n) is 2.71. The molecular weight excluding hydrogens is 436 g/mol. The van der Waals surface area contributed by atoms with Crippen LogP contribution in [0.2, 0.25) is 5.02 Å². The molecule has 30 heavy (non-hydrogen) atoms. The predicted molar refractivity (Wildman–Crippen MR) is 114 cm³/mol. The number of hydrogen-bond donors (Lipinski definition) is 3. The topological polar surface area (TPSA) is 140 Å². The van der Waals surface area contributed by atoms with E-state index in [2.05, 4.69) is 15.4 Å². The van der Waals surface area contributed by atoms with Gasteiger partial charge in [-0.3, -0.25) is 19.6 Å². The number of nitro benzene ring substituents is 1. The molecule has 0 bridgehead atoms. The van der Waals surface area contributed by atoms with E-state index in [1.54, 1.807) is 12.1 Å². The predicted octanol–water partition coefficient (Wildman–Crippen LogP) is 3.94. The summed E-state index contributed by atoms with van der Waals surface area (Å²) in [5.74, 6) is -0.729. The first-order valence-corrected chi connectivity index (χ1v) is 11.1. The maximum atomic E-state index is 11.9. The first kappa shape index (κ1) is 21.7. The number of halogens is 1. The number of anilines is 3. The third kappa shape index (κ3) is 5.30. The quantitative estimate of drug-likeness (QED) is 0.405. The second-order valence-electron chi connectivity index (χ2n) is 6.79. The van der Waals surface area contributed by atoms with Crippen molar-refractivity contribution < 1.29 is 22.9 Å². The Labute approximate surface area is 177 Å². The molecule has 1 aliphatic rings. The molecular formula is C18H19ClN4O6S. The van der Waals surface area contributed by atoms with Gasteiger partial charge in [-0.05, 0) is 31.0 Å². The molecule has 1 aliphatic carbocycles. The van der Waals surface area contributed by atoms with Crippen LogP contribution in [0.3, 0.4) is 0 Å². The zero-order chi connectivity index (χ0) is 22.1. The molecule has 10 nitrogen and oxygen atoms in total. The minimum Gasteiger partial charge on any atom is -0.451 e. The number of carbonyl (C=O) groups excluding carboxylic acids is 1. The molecule has 0 unspecified atom stereocenters. The lowest BCUT2D eigenvalue weighted by Crippen LogP contribution is -2.16. The Kier molecular flexibility index (Phi) is 6.04. The van der Waals surface area contributed by atoms with Crippen molar-refractivity contribution in [3.8, 4) is 11.5 Å². The van der Waals surface area contributed by atoms with Crippen LogP contribution in [0.5, 0.6) is 11.5 Å². The molecule has 1 fully saturated rings. The normalized spacial score (nSPS) is 13.4. The second-order valence-corrected chi connectivity index (χ2v) is 8.94. The summed E-state index contributed by atoms with van der Waals surface area (Å²) >= 11 is 6.13. The lowest BCUT2D eigenvalue weighted by atomic mass is 10.1. The van der Waals surface area contributed by atoms with E-state index >= 15 is 0 Å². The van der Waals surface area contributed by atoms with Gasteiger partial charge >= 0.3 is 5.69 Å². The molecule has 1 amide bonds. The van der Waals surface area contributed by atoms with Gasteiger partial charge in [0.1, 0.15) is 11.4 Å². The molecule has 2 aromatic carbocycles. The highest BCUT2D eigenvalue weighted by Crippen LogP contribution is 2.49. The van der Waals surface area contributed by atoms with Gasteiger partial charge in [-0.2, -0.15) is 0 Å². The van der Waals surface area contributed by atoms with Gasteiger partial charge < -0.3 is 15.4 Å². The number of hydrogen-bond acceptors (Lipinski definition) is 7. The number of carbonyl (C=O) groups is 1. The summed E-state index contributed by atoms with van der Waals surface area (Å²) in [6.45, 7) is 1.17. The van der Waals surface area contributed by atoms with E-state index in [0.29, 0.717) is 0 Å². The van der Waals surface area contributed by atoms with Gasteiger partial charge in [0, 0.05) is 13.0 Å². The summed E-state index contributed by atoms with van der Waals surface area (Å²) in [4.78, 5) is 23.0. The van der Waals surface area contributed by atoms with E-state index in [0.717, 1.165) is 19.1 Å². The molecule has 0 aliphatic heterocycles. The Morgan fingerprint density at radius 3 is 2.47 bits per heavy atom. The standard InChI is InChI=1S/C18H19ClN4O6S/c1-10(24)20-16-17(23(25)26)13(21-11-7-8-11)9-14(22-30(2,27)28)18(16)29-15-6-4-3-5-12(15)19/h3-6,9,11,21-22H,7-8H2,1-2H3,(H,20,24). The Morgan fingerprint density at radius 1 is 1.27 bits per heavy atom. The summed E-state index contributed by atoms with van der Waals surface area (Å²) in [6, 6.07) is 7.62. The molecule has 3 rings (SSSR count). The highest BCUT2D eigenvalue weighted by Gasteiger charge is 2.33. The van der Waals surface area contributed by atoms with Crippen molar-refractivity contribution in [3.63, 3.8) is 0 Å². The van der Waals surface area contributed by atoms with E-state index in [1.165, 1.54) is 25.1 Å². The van der Waals surface area contributed by atoms with Crippen LogP contribution in [0.4, 0.5) is 22.7 Å². The number of nitrogens with one attached hydrogen (secondary N) is 3. The van der Waals surface area contributed by atoms with E-state index in [-0.39, 0.29) is 39.6 Å². The van der Waals surface area contributed by atoms with E-state index in [9.17, 15) is 23.3 Å². The van der Waals surface area contributed by atoms with Crippen molar-refractivity contribution in [2.45, 2.75) is 25.8 Å². The summed E-state index contributed by atoms with van der Waals surface area (Å²) in [7, 11) is -3.78. The molecule has 0 aromatic heterocycles. The first-order chi connectivity index (χ1) is 14.0. The van der Waals surface area contributed by atoms with Gasteiger partial charge in [0.05, 0.1) is 21.9 Å². The average molecular weight is 455 g/mol. The van der Waals surface area contributed by atoms with Crippen LogP contribution < -0.4 is 20.1 Å². The zero-order valence-corrected chi connectivity index (χ0v) is 17.6. The van der Waals surface area contributed by atoms with Crippen LogP contribution in [-0.2, 0) is 14.8 Å². The summed E-state index contributed by atoms with van der Waals surface area (Å²) < 4.78 is 31.9. The van der Waals surface area contributed by atoms with Gasteiger partial charge in [-0.25, -0.2) is 8.42 Å². The molecule has 1 saturated carbocycles. The summed E-state index contributed by atoms with van der Waals surface area (Å²) in [5, 5.41) is 17.5. The van der Waals surface area contributed by atoms with Crippen LogP contribution in [0.1, 0.15) is 19.8 Å². The van der Waals surface area contributed by atoms with Crippen LogP contribution in [0.15, 0.2) is 30.3 Å². The summed E-state index contributed by atoms with van der Waals surface area (Å²) in [6.07, 6.45) is 2.57. The number of nitro groups is 1. The molecule has 0 heterocycles. The smallest absolute Gasteiger partial charge is 0.319 e. The third-order valence-electron chi connectivity index (χ3n) is 4.02. The minimum absolute atomic E-state index is 0.0234. The monoisotopic (exact) mass is 454 g/mol. The van der Waals surface area contributed by atoms with E-state index in [1.807, 2.05) is 0 Å². The maximum absolute atomic E-state index is 11.9. The van der Waals surface area contributed by atoms with E-state index in [4.69, 9.17) is 16.3 Å². The highest BCUT2D eigenvalue weighted by atomic mass is 35.5. The molecule has 0 spiro atoms. The molecule has 0 radical (unpaired) electrons. The van der Waals surface area contributed by atoms with Crippen molar-refractivity contribution in [3.05, 3.63) is 45.5 Å². The molecule has 160 valence electrons. The van der Waals surface area contributed by atoms with Crippen molar-refractivity contribution in [2.75, 3.05) is 21.6 Å². The van der Waals surface area contributed by atoms with Crippen LogP contribution in [-0.4, -0.2) is 31.5 Å². The van der Waals surface area contributed by atoms with Crippen LogP contribution in [0.25, 0.3) is 0 Å². The SMILES string of the molecule is CC(=O)Nc1c(Oc2ccccc2Cl)c(NS(C)(=O)=O)cc(NC2CC2)c1[N+](=O)[O-]. The van der Waals surface area contributed by atoms with Crippen LogP contribution in [0, 0.1) is 10.1 Å². The van der Waals surface area contributed by atoms with Crippen LogP contribution >= 0.6 is 11.6 Å². The molecule has 3 N–H and O–H groups in total. The van der Waals surface area contributed by atoms with Gasteiger partial charge in [-0.1, -0.05) is 23.7 Å². The van der Waals surface area contributed by atoms with E-state index < -0.39 is 26.5 Å². The van der Waals surface area contributed by atoms with Crippen molar-refractivity contribution in [2.24, 2.45) is 0 Å². The Balaban J connectivity index is 2.27. The van der Waals surface area contributed by atoms with Crippen molar-refractivity contribution in [1.29, 1.82) is 0 Å². The fourth-order valence-corrected chi connectivity index (χ4v) is 3.44. The first-order valence-electron chi connectivity index (χ1n) is 8.85. The molecule has 2 aromatic rings. The number of sulfonamides is 1. The highest BCUT2D eigenvalue weighted by molar-refractivity contribution is 7.92. The number of para-hydroxylation sites is 1. The van der Waals surface area contributed by atoms with Crippen molar-refractivity contribution in [1.82, 2.24) is 0 Å². The van der Waals surface area contributed by atoms with Gasteiger partial charge in [-0.15, -0.1) is 0 Å². The lowest BCUT2D eigenvalue weighted by Gasteiger charge is -2.19. The molecule has 12 heteroatoms. The molecule has 0 saturated heterocycles. The number of nitrogens with zero attached hydrogens (tertiary/aromatic N) is 1. The Morgan fingerprint density at radius 2 is 1.93 bits per heavy atom. The lowest BCUT2D eigenvalue weighted by molar-refractivity contribution is -0.383. The zero-order valence-electron chi connectivity index (χ0n) is 16.1.